The van der Waals surface area contributed by atoms with Crippen molar-refractivity contribution in [2.75, 3.05) is 0 Å². The third kappa shape index (κ3) is 14.1. The Labute approximate surface area is 88.1 Å². The summed E-state index contributed by atoms with van der Waals surface area (Å²) < 4.78 is 0. The van der Waals surface area contributed by atoms with Gasteiger partial charge in [-0.1, -0.05) is 55.5 Å². The lowest BCUT2D eigenvalue weighted by Crippen LogP contribution is -1.58. The van der Waals surface area contributed by atoms with Gasteiger partial charge in [-0.3, -0.25) is 0 Å². The van der Waals surface area contributed by atoms with E-state index in [0.29, 0.717) is 0 Å². The van der Waals surface area contributed by atoms with Crippen LogP contribution in [0.5, 0.6) is 0 Å². The highest BCUT2D eigenvalue weighted by molar-refractivity contribution is 5.85. The van der Waals surface area contributed by atoms with Gasteiger partial charge in [0, 0.05) is 0 Å². The van der Waals surface area contributed by atoms with Gasteiger partial charge < -0.3 is 0 Å². The molecule has 0 aliphatic rings. The molecule has 0 spiro atoms. The second-order valence-electron chi connectivity index (χ2n) is 2.45. The average Bonchev–Trinajstić information content (AvgIpc) is 2.10. The lowest BCUT2D eigenvalue weighted by atomic mass is 10.3. The maximum Gasteiger partial charge on any atom is -0.0166 e. The SMILES string of the molecule is CC=CC=CC=CCC=CCC.Cl. The van der Waals surface area contributed by atoms with Crippen LogP contribution in [0.1, 0.15) is 26.7 Å². The molecule has 0 bridgehead atoms. The van der Waals surface area contributed by atoms with Crippen molar-refractivity contribution in [3.63, 3.8) is 0 Å². The summed E-state index contributed by atoms with van der Waals surface area (Å²) in [5, 5.41) is 0. The Hall–Kier alpha value is -0.750. The van der Waals surface area contributed by atoms with E-state index < -0.39 is 0 Å². The standard InChI is InChI=1S/C12H18.ClH/c1-3-5-7-9-11-12-10-8-6-4-2;/h3,5-9,11-12H,4,10H2,1-2H3;1H. The third-order valence-corrected chi connectivity index (χ3v) is 1.34. The van der Waals surface area contributed by atoms with E-state index in [1.807, 2.05) is 31.2 Å². The zero-order valence-corrected chi connectivity index (χ0v) is 9.26. The Balaban J connectivity index is 0. The van der Waals surface area contributed by atoms with E-state index in [1.165, 1.54) is 0 Å². The van der Waals surface area contributed by atoms with Crippen molar-refractivity contribution in [3.05, 3.63) is 48.6 Å². The fourth-order valence-electron chi connectivity index (χ4n) is 0.738. The van der Waals surface area contributed by atoms with Crippen LogP contribution in [0.4, 0.5) is 0 Å². The van der Waals surface area contributed by atoms with Crippen LogP contribution < -0.4 is 0 Å². The lowest BCUT2D eigenvalue weighted by molar-refractivity contribution is 1.20. The van der Waals surface area contributed by atoms with Gasteiger partial charge in [-0.05, 0) is 19.8 Å². The van der Waals surface area contributed by atoms with Crippen molar-refractivity contribution in [1.29, 1.82) is 0 Å². The van der Waals surface area contributed by atoms with Crippen LogP contribution in [0.2, 0.25) is 0 Å². The van der Waals surface area contributed by atoms with E-state index in [1.54, 1.807) is 0 Å². The summed E-state index contributed by atoms with van der Waals surface area (Å²) >= 11 is 0. The smallest absolute Gasteiger partial charge is 0.0166 e. The molecular weight excluding hydrogens is 180 g/mol. The van der Waals surface area contributed by atoms with Gasteiger partial charge in [0.25, 0.3) is 0 Å². The molecule has 0 saturated carbocycles. The van der Waals surface area contributed by atoms with Crippen molar-refractivity contribution in [2.24, 2.45) is 0 Å². The first-order valence-electron chi connectivity index (χ1n) is 4.51. The highest BCUT2D eigenvalue weighted by Gasteiger charge is 1.67. The zero-order chi connectivity index (χ0) is 9.07. The third-order valence-electron chi connectivity index (χ3n) is 1.34. The van der Waals surface area contributed by atoms with Crippen molar-refractivity contribution in [1.82, 2.24) is 0 Å². The zero-order valence-electron chi connectivity index (χ0n) is 8.44. The molecule has 0 nitrogen and oxygen atoms in total. The molecule has 0 heterocycles. The lowest BCUT2D eigenvalue weighted by Gasteiger charge is -1.79. The summed E-state index contributed by atoms with van der Waals surface area (Å²) in [5.74, 6) is 0. The molecule has 1 heteroatoms. The maximum absolute atomic E-state index is 2.18. The summed E-state index contributed by atoms with van der Waals surface area (Å²) in [4.78, 5) is 0. The number of halogens is 1. The number of allylic oxidation sites excluding steroid dienone is 8. The molecule has 0 aliphatic heterocycles. The Bertz CT molecular complexity index is 185. The van der Waals surface area contributed by atoms with Crippen LogP contribution in [0.25, 0.3) is 0 Å². The van der Waals surface area contributed by atoms with Crippen LogP contribution in [-0.4, -0.2) is 0 Å². The normalized spacial score (nSPS) is 12.2. The molecule has 0 saturated heterocycles. The van der Waals surface area contributed by atoms with Gasteiger partial charge in [-0.2, -0.15) is 0 Å². The van der Waals surface area contributed by atoms with Crippen LogP contribution in [-0.2, 0) is 0 Å². The molecule has 0 aliphatic carbocycles. The van der Waals surface area contributed by atoms with Gasteiger partial charge in [0.1, 0.15) is 0 Å². The molecular formula is C12H19Cl. The Morgan fingerprint density at radius 2 is 1.54 bits per heavy atom. The summed E-state index contributed by atoms with van der Waals surface area (Å²) in [6, 6.07) is 0. The van der Waals surface area contributed by atoms with Crippen molar-refractivity contribution >= 4 is 12.4 Å². The first kappa shape index (κ1) is 14.8. The summed E-state index contributed by atoms with van der Waals surface area (Å²) in [6.45, 7) is 4.16. The Kier molecular flexibility index (Phi) is 15.7. The van der Waals surface area contributed by atoms with Crippen molar-refractivity contribution in [2.45, 2.75) is 26.7 Å². The molecule has 0 rings (SSSR count). The molecule has 0 radical (unpaired) electrons. The minimum atomic E-state index is 0. The molecule has 0 amide bonds. The molecule has 74 valence electrons. The van der Waals surface area contributed by atoms with Gasteiger partial charge in [-0.15, -0.1) is 12.4 Å². The Morgan fingerprint density at radius 1 is 0.846 bits per heavy atom. The molecule has 13 heavy (non-hydrogen) atoms. The van der Waals surface area contributed by atoms with Crippen LogP contribution >= 0.6 is 12.4 Å². The second-order valence-corrected chi connectivity index (χ2v) is 2.45. The molecule has 0 aromatic rings. The van der Waals surface area contributed by atoms with E-state index in [-0.39, 0.29) is 12.4 Å². The highest BCUT2D eigenvalue weighted by atomic mass is 35.5. The first-order chi connectivity index (χ1) is 5.91. The molecule has 0 N–H and O–H groups in total. The molecule has 0 aromatic carbocycles. The van der Waals surface area contributed by atoms with Crippen molar-refractivity contribution in [3.8, 4) is 0 Å². The quantitative estimate of drug-likeness (QED) is 0.452. The molecule has 0 aromatic heterocycles. The average molecular weight is 199 g/mol. The molecule has 0 atom stereocenters. The van der Waals surface area contributed by atoms with Gasteiger partial charge >= 0.3 is 0 Å². The van der Waals surface area contributed by atoms with E-state index in [4.69, 9.17) is 0 Å². The largest absolute Gasteiger partial charge is 0.147 e. The number of hydrogen-bond donors (Lipinski definition) is 0. The molecule has 0 fully saturated rings. The van der Waals surface area contributed by atoms with Crippen LogP contribution in [0, 0.1) is 0 Å². The summed E-state index contributed by atoms with van der Waals surface area (Å²) in [6.07, 6.45) is 18.8. The van der Waals surface area contributed by atoms with E-state index >= 15 is 0 Å². The van der Waals surface area contributed by atoms with E-state index in [2.05, 4.69) is 31.2 Å². The minimum absolute atomic E-state index is 0. The fourth-order valence-corrected chi connectivity index (χ4v) is 0.738. The predicted octanol–water partition coefficient (Wildman–Crippen LogP) is 4.45. The summed E-state index contributed by atoms with van der Waals surface area (Å²) in [7, 11) is 0. The van der Waals surface area contributed by atoms with Gasteiger partial charge in [0.05, 0.1) is 0 Å². The first-order valence-corrected chi connectivity index (χ1v) is 4.51. The van der Waals surface area contributed by atoms with Gasteiger partial charge in [0.2, 0.25) is 0 Å². The van der Waals surface area contributed by atoms with Crippen LogP contribution in [0.15, 0.2) is 48.6 Å². The fraction of sp³-hybridized carbons (Fsp3) is 0.333. The summed E-state index contributed by atoms with van der Waals surface area (Å²) in [5.41, 5.74) is 0. The van der Waals surface area contributed by atoms with Crippen molar-refractivity contribution < 1.29 is 0 Å². The topological polar surface area (TPSA) is 0 Å². The monoisotopic (exact) mass is 198 g/mol. The molecule has 0 unspecified atom stereocenters. The highest BCUT2D eigenvalue weighted by Crippen LogP contribution is 1.89. The van der Waals surface area contributed by atoms with Gasteiger partial charge in [-0.25, -0.2) is 0 Å². The second kappa shape index (κ2) is 13.8. The maximum atomic E-state index is 2.18. The van der Waals surface area contributed by atoms with E-state index in [9.17, 15) is 0 Å². The number of rotatable bonds is 5. The minimum Gasteiger partial charge on any atom is -0.147 e. The number of hydrogen-bond acceptors (Lipinski definition) is 0. The van der Waals surface area contributed by atoms with Crippen LogP contribution in [0.3, 0.4) is 0 Å². The van der Waals surface area contributed by atoms with Gasteiger partial charge in [0.15, 0.2) is 0 Å². The Morgan fingerprint density at radius 3 is 2.15 bits per heavy atom. The van der Waals surface area contributed by atoms with E-state index in [0.717, 1.165) is 12.8 Å². The predicted molar refractivity (Wildman–Crippen MR) is 64.4 cm³/mol.